The van der Waals surface area contributed by atoms with Crippen molar-refractivity contribution >= 4 is 15.9 Å². The summed E-state index contributed by atoms with van der Waals surface area (Å²) in [6.45, 7) is 5.51. The van der Waals surface area contributed by atoms with Gasteiger partial charge in [-0.1, -0.05) is 18.6 Å². The molecule has 0 spiro atoms. The Morgan fingerprint density at radius 3 is 2.60 bits per heavy atom. The molecule has 0 bridgehead atoms. The van der Waals surface area contributed by atoms with Crippen LogP contribution in [-0.4, -0.2) is 41.3 Å². The monoisotopic (exact) mass is 341 g/mol. The average Bonchev–Trinajstić information content (AvgIpc) is 2.42. The lowest BCUT2D eigenvalue weighted by atomic mass is 9.97. The lowest BCUT2D eigenvalue weighted by Crippen LogP contribution is -2.48. The number of halogens is 1. The fraction of sp³-hybridized carbons (Fsp3) is 0.625. The van der Waals surface area contributed by atoms with Crippen molar-refractivity contribution < 1.29 is 9.84 Å². The van der Waals surface area contributed by atoms with Crippen molar-refractivity contribution in [3.63, 3.8) is 0 Å². The minimum absolute atomic E-state index is 0.332. The topological polar surface area (TPSA) is 32.7 Å². The molecule has 112 valence electrons. The van der Waals surface area contributed by atoms with Gasteiger partial charge in [-0.25, -0.2) is 0 Å². The SMILES string of the molecule is C[C@@H]1CCC[C@H](C)N1C[C@@H](O)COc1ccccc1Br. The van der Waals surface area contributed by atoms with Gasteiger partial charge in [0.25, 0.3) is 0 Å². The van der Waals surface area contributed by atoms with E-state index < -0.39 is 6.10 Å². The largest absolute Gasteiger partial charge is 0.490 e. The lowest BCUT2D eigenvalue weighted by molar-refractivity contribution is 0.0207. The number of piperidine rings is 1. The number of likely N-dealkylation sites (tertiary alicyclic amines) is 1. The molecule has 0 unspecified atom stereocenters. The van der Waals surface area contributed by atoms with Gasteiger partial charge in [0, 0.05) is 18.6 Å². The molecule has 1 aromatic rings. The third-order valence-corrected chi connectivity index (χ3v) is 4.72. The second-order valence-electron chi connectivity index (χ2n) is 5.72. The fourth-order valence-electron chi connectivity index (χ4n) is 2.88. The van der Waals surface area contributed by atoms with Gasteiger partial charge in [0.2, 0.25) is 0 Å². The number of aliphatic hydroxyl groups excluding tert-OH is 1. The van der Waals surface area contributed by atoms with Crippen molar-refractivity contribution in [1.29, 1.82) is 0 Å². The Balaban J connectivity index is 1.83. The second kappa shape index (κ2) is 7.43. The maximum absolute atomic E-state index is 10.2. The van der Waals surface area contributed by atoms with Crippen LogP contribution in [-0.2, 0) is 0 Å². The Kier molecular flexibility index (Phi) is 5.87. The fourth-order valence-corrected chi connectivity index (χ4v) is 3.28. The number of ether oxygens (including phenoxy) is 1. The van der Waals surface area contributed by atoms with Gasteiger partial charge in [0.1, 0.15) is 18.5 Å². The molecule has 3 atom stereocenters. The van der Waals surface area contributed by atoms with Crippen molar-refractivity contribution in [2.24, 2.45) is 0 Å². The van der Waals surface area contributed by atoms with Crippen LogP contribution in [0.1, 0.15) is 33.1 Å². The number of aliphatic hydroxyl groups is 1. The van der Waals surface area contributed by atoms with Crippen molar-refractivity contribution in [3.05, 3.63) is 28.7 Å². The van der Waals surface area contributed by atoms with Gasteiger partial charge in [0.05, 0.1) is 4.47 Å². The van der Waals surface area contributed by atoms with Crippen LogP contribution in [0.5, 0.6) is 5.75 Å². The standard InChI is InChI=1S/C16H24BrNO2/c1-12-6-5-7-13(2)18(12)10-14(19)11-20-16-9-4-3-8-15(16)17/h3-4,8-9,12-14,19H,5-7,10-11H2,1-2H3/t12-,13+,14-/m1/s1. The van der Waals surface area contributed by atoms with Crippen molar-refractivity contribution in [2.75, 3.05) is 13.2 Å². The molecule has 0 aromatic heterocycles. The van der Waals surface area contributed by atoms with Crippen LogP contribution in [0.2, 0.25) is 0 Å². The smallest absolute Gasteiger partial charge is 0.133 e. The summed E-state index contributed by atoms with van der Waals surface area (Å²) in [5, 5.41) is 10.2. The van der Waals surface area contributed by atoms with Gasteiger partial charge in [-0.15, -0.1) is 0 Å². The van der Waals surface area contributed by atoms with E-state index in [0.29, 0.717) is 25.2 Å². The van der Waals surface area contributed by atoms with E-state index in [0.717, 1.165) is 10.2 Å². The van der Waals surface area contributed by atoms with Crippen LogP contribution >= 0.6 is 15.9 Å². The normalized spacial score (nSPS) is 25.4. The number of hydrogen-bond acceptors (Lipinski definition) is 3. The zero-order valence-corrected chi connectivity index (χ0v) is 13.8. The molecule has 2 rings (SSSR count). The molecule has 4 heteroatoms. The molecule has 1 aromatic carbocycles. The molecule has 1 fully saturated rings. The predicted octanol–water partition coefficient (Wildman–Crippen LogP) is 3.45. The number of β-amino-alcohol motifs (C(OH)–C–C–N with tert-alkyl or cyclic N) is 1. The Morgan fingerprint density at radius 2 is 1.95 bits per heavy atom. The van der Waals surface area contributed by atoms with E-state index >= 15 is 0 Å². The minimum atomic E-state index is -0.454. The number of benzene rings is 1. The molecule has 3 nitrogen and oxygen atoms in total. The number of rotatable bonds is 5. The Bertz CT molecular complexity index is 417. The molecular weight excluding hydrogens is 318 g/mol. The Morgan fingerprint density at radius 1 is 1.30 bits per heavy atom. The van der Waals surface area contributed by atoms with Gasteiger partial charge in [0.15, 0.2) is 0 Å². The first kappa shape index (κ1) is 15.8. The number of hydrogen-bond donors (Lipinski definition) is 1. The quantitative estimate of drug-likeness (QED) is 0.890. The van der Waals surface area contributed by atoms with Crippen LogP contribution in [0.15, 0.2) is 28.7 Å². The molecule has 0 saturated carbocycles. The molecular formula is C16H24BrNO2. The summed E-state index contributed by atoms with van der Waals surface area (Å²) >= 11 is 3.45. The molecule has 0 amide bonds. The van der Waals surface area contributed by atoms with Crippen LogP contribution in [0.4, 0.5) is 0 Å². The predicted molar refractivity (Wildman–Crippen MR) is 85.1 cm³/mol. The molecule has 0 radical (unpaired) electrons. The minimum Gasteiger partial charge on any atom is -0.490 e. The van der Waals surface area contributed by atoms with Gasteiger partial charge in [-0.05, 0) is 54.8 Å². The zero-order valence-electron chi connectivity index (χ0n) is 12.3. The maximum atomic E-state index is 10.2. The highest BCUT2D eigenvalue weighted by molar-refractivity contribution is 9.10. The summed E-state index contributed by atoms with van der Waals surface area (Å²) in [5.74, 6) is 0.784. The third-order valence-electron chi connectivity index (χ3n) is 4.07. The van der Waals surface area contributed by atoms with E-state index in [4.69, 9.17) is 4.74 Å². The van der Waals surface area contributed by atoms with E-state index in [2.05, 4.69) is 34.7 Å². The molecule has 1 N–H and O–H groups in total. The first-order chi connectivity index (χ1) is 9.58. The summed E-state index contributed by atoms with van der Waals surface area (Å²) in [7, 11) is 0. The van der Waals surface area contributed by atoms with Crippen molar-refractivity contribution in [1.82, 2.24) is 4.90 Å². The third kappa shape index (κ3) is 4.21. The summed E-state index contributed by atoms with van der Waals surface area (Å²) < 4.78 is 6.61. The summed E-state index contributed by atoms with van der Waals surface area (Å²) in [4.78, 5) is 2.40. The molecule has 20 heavy (non-hydrogen) atoms. The highest BCUT2D eigenvalue weighted by Crippen LogP contribution is 2.25. The van der Waals surface area contributed by atoms with Crippen molar-refractivity contribution in [2.45, 2.75) is 51.3 Å². The van der Waals surface area contributed by atoms with E-state index in [1.807, 2.05) is 24.3 Å². The van der Waals surface area contributed by atoms with Gasteiger partial charge in [-0.3, -0.25) is 4.90 Å². The molecule has 1 saturated heterocycles. The molecule has 1 aliphatic rings. The van der Waals surface area contributed by atoms with Crippen LogP contribution in [0.3, 0.4) is 0 Å². The van der Waals surface area contributed by atoms with Crippen LogP contribution < -0.4 is 4.74 Å². The Hall–Kier alpha value is -0.580. The van der Waals surface area contributed by atoms with Crippen LogP contribution in [0.25, 0.3) is 0 Å². The summed E-state index contributed by atoms with van der Waals surface area (Å²) in [6, 6.07) is 8.83. The maximum Gasteiger partial charge on any atom is 0.133 e. The van der Waals surface area contributed by atoms with E-state index in [1.165, 1.54) is 19.3 Å². The van der Waals surface area contributed by atoms with Gasteiger partial charge < -0.3 is 9.84 Å². The summed E-state index contributed by atoms with van der Waals surface area (Å²) in [6.07, 6.45) is 3.29. The first-order valence-corrected chi connectivity index (χ1v) is 8.18. The lowest BCUT2D eigenvalue weighted by Gasteiger charge is -2.40. The highest BCUT2D eigenvalue weighted by atomic mass is 79.9. The molecule has 1 aliphatic heterocycles. The second-order valence-corrected chi connectivity index (χ2v) is 6.58. The molecule has 1 heterocycles. The van der Waals surface area contributed by atoms with E-state index in [1.54, 1.807) is 0 Å². The van der Waals surface area contributed by atoms with Crippen molar-refractivity contribution in [3.8, 4) is 5.75 Å². The molecule has 0 aliphatic carbocycles. The van der Waals surface area contributed by atoms with E-state index in [-0.39, 0.29) is 0 Å². The zero-order chi connectivity index (χ0) is 14.5. The van der Waals surface area contributed by atoms with E-state index in [9.17, 15) is 5.11 Å². The average molecular weight is 342 g/mol. The van der Waals surface area contributed by atoms with Gasteiger partial charge in [-0.2, -0.15) is 0 Å². The first-order valence-electron chi connectivity index (χ1n) is 7.39. The van der Waals surface area contributed by atoms with Crippen LogP contribution in [0, 0.1) is 0 Å². The number of nitrogens with zero attached hydrogens (tertiary/aromatic N) is 1. The Labute approximate surface area is 130 Å². The number of para-hydroxylation sites is 1. The van der Waals surface area contributed by atoms with Gasteiger partial charge >= 0.3 is 0 Å². The summed E-state index contributed by atoms with van der Waals surface area (Å²) in [5.41, 5.74) is 0. The highest BCUT2D eigenvalue weighted by Gasteiger charge is 2.26.